The van der Waals surface area contributed by atoms with Gasteiger partial charge in [0.05, 0.1) is 0 Å². The minimum Gasteiger partial charge on any atom is -0.606 e. The molecule has 7 heavy (non-hydrogen) atoms. The fourth-order valence-corrected chi connectivity index (χ4v) is 0.0465. The fraction of sp³-hybridized carbons (Fsp3) is 0. The maximum Gasteiger partial charge on any atom is 2.00 e. The number of carbonyl (C=O) groups is 1. The molecule has 0 aliphatic carbocycles. The summed E-state index contributed by atoms with van der Waals surface area (Å²) in [7, 11) is 0. The Bertz CT molecular complexity index is 70.6. The third-order valence-electron chi connectivity index (χ3n) is 0.156. The Morgan fingerprint density at radius 2 is 2.14 bits per heavy atom. The molecule has 3 nitrogen and oxygen atoms in total. The summed E-state index contributed by atoms with van der Waals surface area (Å²) in [5.74, 6) is -0.884. The van der Waals surface area contributed by atoms with Gasteiger partial charge in [-0.1, -0.05) is 0 Å². The summed E-state index contributed by atoms with van der Waals surface area (Å²) in [6.07, 6.45) is 0. The van der Waals surface area contributed by atoms with Gasteiger partial charge in [0.2, 0.25) is 0 Å². The molecular formula is C3H2O3W. The van der Waals surface area contributed by atoms with Crippen LogP contribution < -0.4 is 0 Å². The van der Waals surface area contributed by atoms with Crippen LogP contribution in [0.3, 0.4) is 0 Å². The van der Waals surface area contributed by atoms with E-state index in [2.05, 4.69) is 11.7 Å². The van der Waals surface area contributed by atoms with Gasteiger partial charge in [-0.25, -0.2) is 0 Å². The van der Waals surface area contributed by atoms with Crippen LogP contribution in [0, 0.1) is 6.92 Å². The van der Waals surface area contributed by atoms with Crippen molar-refractivity contribution in [3.05, 3.63) is 6.92 Å². The number of carbonyl (C=O) groups excluding carboxylic acids is 2. The Hall–Kier alpha value is -0.302. The maximum absolute atomic E-state index is 9.45. The van der Waals surface area contributed by atoms with Crippen molar-refractivity contribution in [2.24, 2.45) is 0 Å². The van der Waals surface area contributed by atoms with Gasteiger partial charge in [0.1, 0.15) is 0 Å². The van der Waals surface area contributed by atoms with Gasteiger partial charge >= 0.3 is 21.1 Å². The Labute approximate surface area is 55.3 Å². The zero-order chi connectivity index (χ0) is 4.99. The standard InChI is InChI=1S/C3H2O3.W/c1-3(5)6-2-4;/h1H2;/q-2;+2. The van der Waals surface area contributed by atoms with Gasteiger partial charge in [-0.3, -0.25) is 0 Å². The van der Waals surface area contributed by atoms with E-state index in [4.69, 9.17) is 4.79 Å². The Balaban J connectivity index is 0. The largest absolute Gasteiger partial charge is 2.00 e. The number of ether oxygens (including phenoxy) is 1. The molecule has 38 valence electrons. The molecule has 0 heterocycles. The predicted octanol–water partition coefficient (Wildman–Crippen LogP) is -0.572. The van der Waals surface area contributed by atoms with Crippen molar-refractivity contribution in [3.8, 4) is 0 Å². The topological polar surface area (TPSA) is 43.4 Å². The van der Waals surface area contributed by atoms with Gasteiger partial charge in [0.15, 0.2) is 6.47 Å². The van der Waals surface area contributed by atoms with Gasteiger partial charge in [0.25, 0.3) is 0 Å². The van der Waals surface area contributed by atoms with Crippen LogP contribution in [-0.4, -0.2) is 12.4 Å². The van der Waals surface area contributed by atoms with E-state index in [1.54, 1.807) is 0 Å². The van der Waals surface area contributed by atoms with Crippen LogP contribution in [0.1, 0.15) is 0 Å². The van der Waals surface area contributed by atoms with Gasteiger partial charge in [0, 0.05) is 5.97 Å². The van der Waals surface area contributed by atoms with Crippen LogP contribution in [0.5, 0.6) is 0 Å². The molecule has 0 rings (SSSR count). The smallest absolute Gasteiger partial charge is 0.606 e. The maximum atomic E-state index is 9.45. The van der Waals surface area contributed by atoms with Crippen molar-refractivity contribution in [2.45, 2.75) is 0 Å². The molecule has 0 radical (unpaired) electrons. The first-order valence-electron chi connectivity index (χ1n) is 1.17. The minimum absolute atomic E-state index is 0. The molecule has 0 aromatic carbocycles. The fourth-order valence-electron chi connectivity index (χ4n) is 0.0465. The third-order valence-corrected chi connectivity index (χ3v) is 0.156. The molecule has 0 unspecified atom stereocenters. The minimum atomic E-state index is -0.884. The third kappa shape index (κ3) is 10.7. The van der Waals surface area contributed by atoms with Gasteiger partial charge in [-0.05, 0) is 0 Å². The second-order valence-corrected chi connectivity index (χ2v) is 0.557. The molecule has 0 bridgehead atoms. The molecule has 4 heteroatoms. The average molecular weight is 270 g/mol. The summed E-state index contributed by atoms with van der Waals surface area (Å²) in [4.78, 5) is 18.5. The normalized spacial score (nSPS) is 5.71. The summed E-state index contributed by atoms with van der Waals surface area (Å²) in [5, 5.41) is 0. The van der Waals surface area contributed by atoms with Crippen LogP contribution in [0.15, 0.2) is 0 Å². The molecule has 0 saturated heterocycles. The van der Waals surface area contributed by atoms with E-state index in [1.807, 2.05) is 0 Å². The number of hydrogen-bond acceptors (Lipinski definition) is 3. The molecule has 0 atom stereocenters. The second-order valence-electron chi connectivity index (χ2n) is 0.557. The SMILES string of the molecule is [CH2-]C(=O)O[C-]=O.[W+2]. The van der Waals surface area contributed by atoms with E-state index in [0.29, 0.717) is 0 Å². The van der Waals surface area contributed by atoms with Crippen molar-refractivity contribution >= 4 is 12.4 Å². The first kappa shape index (κ1) is 9.85. The molecule has 0 aliphatic heterocycles. The summed E-state index contributed by atoms with van der Waals surface area (Å²) in [5.41, 5.74) is 0. The van der Waals surface area contributed by atoms with Crippen LogP contribution in [0.25, 0.3) is 0 Å². The first-order chi connectivity index (χ1) is 2.77. The Morgan fingerprint density at radius 1 is 1.71 bits per heavy atom. The molecular weight excluding hydrogens is 268 g/mol. The van der Waals surface area contributed by atoms with Crippen LogP contribution in [-0.2, 0) is 35.4 Å². The number of rotatable bonds is 1. The van der Waals surface area contributed by atoms with E-state index in [9.17, 15) is 4.79 Å². The van der Waals surface area contributed by atoms with Crippen LogP contribution >= 0.6 is 0 Å². The molecule has 0 aliphatic rings. The van der Waals surface area contributed by atoms with Crippen molar-refractivity contribution in [1.29, 1.82) is 0 Å². The Morgan fingerprint density at radius 3 is 2.14 bits per heavy atom. The zero-order valence-electron chi connectivity index (χ0n) is 3.34. The van der Waals surface area contributed by atoms with Gasteiger partial charge in [-0.15, -0.1) is 0 Å². The van der Waals surface area contributed by atoms with E-state index in [0.717, 1.165) is 6.47 Å². The van der Waals surface area contributed by atoms with Crippen molar-refractivity contribution in [3.63, 3.8) is 0 Å². The molecule has 0 spiro atoms. The summed E-state index contributed by atoms with van der Waals surface area (Å²) in [6.45, 7) is 3.61. The quantitative estimate of drug-likeness (QED) is 0.364. The van der Waals surface area contributed by atoms with Crippen molar-refractivity contribution in [2.75, 3.05) is 0 Å². The molecule has 0 aromatic heterocycles. The Kier molecular flexibility index (Phi) is 8.02. The number of hydrogen-bond donors (Lipinski definition) is 0. The van der Waals surface area contributed by atoms with E-state index < -0.39 is 5.97 Å². The molecule has 0 aromatic rings. The van der Waals surface area contributed by atoms with Gasteiger partial charge < -0.3 is 21.2 Å². The van der Waals surface area contributed by atoms with Crippen molar-refractivity contribution < 1.29 is 35.4 Å². The first-order valence-corrected chi connectivity index (χ1v) is 1.17. The van der Waals surface area contributed by atoms with Gasteiger partial charge in [-0.2, -0.15) is 0 Å². The second kappa shape index (κ2) is 5.70. The zero-order valence-corrected chi connectivity index (χ0v) is 6.27. The monoisotopic (exact) mass is 270 g/mol. The average Bonchev–Trinajstić information content (AvgIpc) is 1.35. The summed E-state index contributed by atoms with van der Waals surface area (Å²) < 4.78 is 3.49. The summed E-state index contributed by atoms with van der Waals surface area (Å²) in [6, 6.07) is 0. The van der Waals surface area contributed by atoms with E-state index in [-0.39, 0.29) is 21.1 Å². The molecule has 0 N–H and O–H groups in total. The molecule has 0 amide bonds. The number of esters is 1. The molecule has 0 saturated carbocycles. The van der Waals surface area contributed by atoms with E-state index >= 15 is 0 Å². The van der Waals surface area contributed by atoms with Crippen molar-refractivity contribution in [1.82, 2.24) is 0 Å². The van der Waals surface area contributed by atoms with Crippen LogP contribution in [0.2, 0.25) is 0 Å². The predicted molar refractivity (Wildman–Crippen MR) is 17.1 cm³/mol. The van der Waals surface area contributed by atoms with Crippen LogP contribution in [0.4, 0.5) is 0 Å². The van der Waals surface area contributed by atoms with E-state index in [1.165, 1.54) is 0 Å². The summed E-state index contributed by atoms with van der Waals surface area (Å²) >= 11 is 0. The molecule has 0 fully saturated rings.